The molecule has 3 heterocycles. The summed E-state index contributed by atoms with van der Waals surface area (Å²) in [7, 11) is 0. The van der Waals surface area contributed by atoms with Crippen molar-refractivity contribution in [2.24, 2.45) is 5.92 Å². The zero-order chi connectivity index (χ0) is 19.4. The van der Waals surface area contributed by atoms with Gasteiger partial charge in [-0.15, -0.1) is 0 Å². The topological polar surface area (TPSA) is 105 Å². The summed E-state index contributed by atoms with van der Waals surface area (Å²) < 4.78 is 1.96. The number of rotatable bonds is 6. The van der Waals surface area contributed by atoms with Crippen molar-refractivity contribution in [2.75, 3.05) is 5.32 Å². The van der Waals surface area contributed by atoms with Crippen LogP contribution in [0.5, 0.6) is 0 Å². The van der Waals surface area contributed by atoms with Gasteiger partial charge in [0.2, 0.25) is 0 Å². The van der Waals surface area contributed by atoms with Crippen molar-refractivity contribution in [3.63, 3.8) is 0 Å². The number of fused-ring (bicyclic) bond motifs is 2. The van der Waals surface area contributed by atoms with Crippen LogP contribution in [0.3, 0.4) is 0 Å². The Hall–Kier alpha value is -3.00. The molecule has 0 amide bonds. The maximum Gasteiger partial charge on any atom is 0.179 e. The number of aliphatic hydroxyl groups is 1. The lowest BCUT2D eigenvalue weighted by Crippen LogP contribution is -2.31. The zero-order valence-corrected chi connectivity index (χ0v) is 16.0. The number of para-hydroxylation sites is 2. The van der Waals surface area contributed by atoms with E-state index >= 15 is 0 Å². The highest BCUT2D eigenvalue weighted by atomic mass is 16.3. The lowest BCUT2D eigenvalue weighted by atomic mass is 9.82. The van der Waals surface area contributed by atoms with E-state index in [4.69, 9.17) is 15.1 Å². The minimum absolute atomic E-state index is 0.166. The van der Waals surface area contributed by atoms with Gasteiger partial charge in [0.15, 0.2) is 17.0 Å². The highest BCUT2D eigenvalue weighted by Crippen LogP contribution is 2.39. The molecule has 4 aromatic rings. The molecular weight excluding hydrogens is 366 g/mol. The van der Waals surface area contributed by atoms with E-state index in [0.29, 0.717) is 18.4 Å². The molecule has 0 unspecified atom stereocenters. The summed E-state index contributed by atoms with van der Waals surface area (Å²) in [5, 5.41) is 17.8. The van der Waals surface area contributed by atoms with Crippen LogP contribution in [0, 0.1) is 5.92 Å². The molecule has 1 aromatic carbocycles. The van der Waals surface area contributed by atoms with Crippen LogP contribution < -0.4 is 5.32 Å². The second kappa shape index (κ2) is 6.52. The summed E-state index contributed by atoms with van der Waals surface area (Å²) in [5.41, 5.74) is 4.68. The smallest absolute Gasteiger partial charge is 0.179 e. The molecule has 29 heavy (non-hydrogen) atoms. The number of H-pyrrole nitrogens is 1. The molecule has 3 N–H and O–H groups in total. The lowest BCUT2D eigenvalue weighted by Gasteiger charge is -2.31. The van der Waals surface area contributed by atoms with E-state index in [9.17, 15) is 5.11 Å². The SMILES string of the molecule is O[C@H]1C[C@H](Cn2nc(NCc3nc4ccccc4[nH]3)c3ncc(C4CC4)nc32)C1. The van der Waals surface area contributed by atoms with Crippen LogP contribution in [0.1, 0.15) is 43.1 Å². The van der Waals surface area contributed by atoms with Gasteiger partial charge in [0.25, 0.3) is 0 Å². The first kappa shape index (κ1) is 16.9. The third-order valence-corrected chi connectivity index (χ3v) is 5.96. The maximum atomic E-state index is 9.63. The van der Waals surface area contributed by atoms with Crippen LogP contribution in [0.4, 0.5) is 5.82 Å². The van der Waals surface area contributed by atoms with Crippen molar-refractivity contribution in [1.82, 2.24) is 29.7 Å². The first-order valence-corrected chi connectivity index (χ1v) is 10.3. The van der Waals surface area contributed by atoms with E-state index in [1.165, 1.54) is 12.8 Å². The van der Waals surface area contributed by atoms with Crippen LogP contribution in [-0.2, 0) is 13.1 Å². The molecule has 0 aliphatic heterocycles. The van der Waals surface area contributed by atoms with Gasteiger partial charge in [-0.1, -0.05) is 12.1 Å². The molecular formula is C21H23N7O. The van der Waals surface area contributed by atoms with E-state index in [1.807, 2.05) is 35.1 Å². The number of hydrogen-bond acceptors (Lipinski definition) is 6. The van der Waals surface area contributed by atoms with Crippen LogP contribution in [0.25, 0.3) is 22.2 Å². The van der Waals surface area contributed by atoms with Gasteiger partial charge in [-0.3, -0.25) is 0 Å². The van der Waals surface area contributed by atoms with Crippen molar-refractivity contribution in [3.8, 4) is 0 Å². The number of anilines is 1. The summed E-state index contributed by atoms with van der Waals surface area (Å²) in [6.45, 7) is 1.30. The first-order valence-electron chi connectivity index (χ1n) is 10.3. The van der Waals surface area contributed by atoms with Crippen LogP contribution in [0.2, 0.25) is 0 Å². The number of hydrogen-bond donors (Lipinski definition) is 3. The number of benzene rings is 1. The minimum Gasteiger partial charge on any atom is -0.393 e. The highest BCUT2D eigenvalue weighted by Gasteiger charge is 2.30. The predicted octanol–water partition coefficient (Wildman–Crippen LogP) is 2.96. The Kier molecular flexibility index (Phi) is 3.80. The molecule has 8 nitrogen and oxygen atoms in total. The molecule has 2 saturated carbocycles. The fourth-order valence-corrected chi connectivity index (χ4v) is 4.13. The monoisotopic (exact) mass is 389 g/mol. The Morgan fingerprint density at radius 2 is 2.03 bits per heavy atom. The Labute approximate surface area is 167 Å². The van der Waals surface area contributed by atoms with Crippen molar-refractivity contribution >= 4 is 28.0 Å². The highest BCUT2D eigenvalue weighted by molar-refractivity contribution is 5.83. The average molecular weight is 389 g/mol. The van der Waals surface area contributed by atoms with Gasteiger partial charge >= 0.3 is 0 Å². The quantitative estimate of drug-likeness (QED) is 0.468. The first-order chi connectivity index (χ1) is 14.2. The van der Waals surface area contributed by atoms with E-state index in [2.05, 4.69) is 15.3 Å². The molecule has 0 atom stereocenters. The second-order valence-corrected chi connectivity index (χ2v) is 8.32. The van der Waals surface area contributed by atoms with Gasteiger partial charge in [-0.2, -0.15) is 5.10 Å². The Bertz CT molecular complexity index is 1150. The Morgan fingerprint density at radius 1 is 1.17 bits per heavy atom. The van der Waals surface area contributed by atoms with Crippen LogP contribution in [-0.4, -0.2) is 40.9 Å². The van der Waals surface area contributed by atoms with Gasteiger partial charge in [-0.25, -0.2) is 19.6 Å². The van der Waals surface area contributed by atoms with Crippen molar-refractivity contribution in [1.29, 1.82) is 0 Å². The van der Waals surface area contributed by atoms with Gasteiger partial charge in [0.1, 0.15) is 5.82 Å². The molecule has 6 rings (SSSR count). The summed E-state index contributed by atoms with van der Waals surface area (Å²) >= 11 is 0. The summed E-state index contributed by atoms with van der Waals surface area (Å²) in [5.74, 6) is 2.59. The molecule has 2 aliphatic carbocycles. The number of imidazole rings is 1. The van der Waals surface area contributed by atoms with Gasteiger partial charge < -0.3 is 15.4 Å². The maximum absolute atomic E-state index is 9.63. The fraction of sp³-hybridized carbons (Fsp3) is 0.429. The van der Waals surface area contributed by atoms with Gasteiger partial charge in [0.05, 0.1) is 29.4 Å². The van der Waals surface area contributed by atoms with E-state index < -0.39 is 0 Å². The number of nitrogens with one attached hydrogen (secondary N) is 2. The van der Waals surface area contributed by atoms with Crippen LogP contribution in [0.15, 0.2) is 30.5 Å². The Morgan fingerprint density at radius 3 is 2.83 bits per heavy atom. The molecule has 0 bridgehead atoms. The standard InChI is InChI=1S/C21H23N7O/c29-14-7-12(8-14)11-28-21-19(22-9-17(26-21)13-5-6-13)20(27-28)23-10-18-24-15-3-1-2-4-16(15)25-18/h1-4,9,12-14,29H,5-8,10-11H2,(H,23,27)(H,24,25)/t12-,14-. The third-order valence-electron chi connectivity index (χ3n) is 5.96. The predicted molar refractivity (Wildman–Crippen MR) is 109 cm³/mol. The normalized spacial score (nSPS) is 21.6. The Balaban J connectivity index is 1.30. The second-order valence-electron chi connectivity index (χ2n) is 8.32. The fourth-order valence-electron chi connectivity index (χ4n) is 4.13. The summed E-state index contributed by atoms with van der Waals surface area (Å²) in [6.07, 6.45) is 5.78. The minimum atomic E-state index is -0.166. The lowest BCUT2D eigenvalue weighted by molar-refractivity contribution is 0.0342. The average Bonchev–Trinajstić information content (AvgIpc) is 3.39. The van der Waals surface area contributed by atoms with E-state index in [0.717, 1.165) is 58.9 Å². The van der Waals surface area contributed by atoms with Crippen molar-refractivity contribution in [3.05, 3.63) is 42.0 Å². The molecule has 2 fully saturated rings. The number of aromatic amines is 1. The molecule has 2 aliphatic rings. The van der Waals surface area contributed by atoms with Gasteiger partial charge in [0, 0.05) is 18.7 Å². The van der Waals surface area contributed by atoms with E-state index in [-0.39, 0.29) is 6.10 Å². The molecule has 148 valence electrons. The summed E-state index contributed by atoms with van der Waals surface area (Å²) in [6, 6.07) is 8.00. The number of nitrogens with zero attached hydrogens (tertiary/aromatic N) is 5. The molecule has 0 saturated heterocycles. The van der Waals surface area contributed by atoms with E-state index in [1.54, 1.807) is 0 Å². The van der Waals surface area contributed by atoms with Crippen molar-refractivity contribution < 1.29 is 5.11 Å². The number of aromatic nitrogens is 6. The summed E-state index contributed by atoms with van der Waals surface area (Å²) in [4.78, 5) is 17.5. The zero-order valence-electron chi connectivity index (χ0n) is 16.0. The van der Waals surface area contributed by atoms with Gasteiger partial charge in [-0.05, 0) is 43.7 Å². The molecule has 8 heteroatoms. The molecule has 0 radical (unpaired) electrons. The molecule has 3 aromatic heterocycles. The third kappa shape index (κ3) is 3.13. The van der Waals surface area contributed by atoms with Crippen molar-refractivity contribution in [2.45, 2.75) is 50.8 Å². The number of aliphatic hydroxyl groups excluding tert-OH is 1. The van der Waals surface area contributed by atoms with Crippen LogP contribution >= 0.6 is 0 Å². The largest absolute Gasteiger partial charge is 0.393 e. The molecule has 0 spiro atoms.